The molecule has 2 amide bonds. The normalized spacial score (nSPS) is 24.8. The third kappa shape index (κ3) is 8.31. The first-order chi connectivity index (χ1) is 18.4. The number of piperazine rings is 1. The van der Waals surface area contributed by atoms with Gasteiger partial charge in [0.05, 0.1) is 0 Å². The van der Waals surface area contributed by atoms with Crippen LogP contribution in [0.1, 0.15) is 34.6 Å². The summed E-state index contributed by atoms with van der Waals surface area (Å²) >= 11 is 0. The first-order valence-corrected chi connectivity index (χ1v) is 12.6. The van der Waals surface area contributed by atoms with E-state index in [1.165, 1.54) is 27.7 Å². The van der Waals surface area contributed by atoms with E-state index in [-0.39, 0.29) is 12.5 Å². The average molecular weight is 550 g/mol. The Labute approximate surface area is 226 Å². The largest absolute Gasteiger partial charge is 0.463 e. The van der Waals surface area contributed by atoms with E-state index in [0.29, 0.717) is 31.9 Å². The van der Waals surface area contributed by atoms with Crippen molar-refractivity contribution in [3.63, 3.8) is 0 Å². The van der Waals surface area contributed by atoms with Gasteiger partial charge in [-0.25, -0.2) is 0 Å². The molecule has 13 nitrogen and oxygen atoms in total. The molecule has 1 aromatic rings. The smallest absolute Gasteiger partial charge is 0.303 e. The van der Waals surface area contributed by atoms with E-state index in [1.807, 2.05) is 12.1 Å². The van der Waals surface area contributed by atoms with E-state index in [1.54, 1.807) is 24.0 Å². The Morgan fingerprint density at radius 1 is 0.846 bits per heavy atom. The van der Waals surface area contributed by atoms with Gasteiger partial charge in [0.15, 0.2) is 12.2 Å². The SMILES string of the molecule is CC(=O)NC1C(Oc2ccc(N3CCN(C(C)=O)CC3)cc2)OC(COC(C)=O)C(OC(C)=O)C1OC(C)=O. The summed E-state index contributed by atoms with van der Waals surface area (Å²) in [4.78, 5) is 63.0. The van der Waals surface area contributed by atoms with Crippen molar-refractivity contribution in [2.75, 3.05) is 37.7 Å². The van der Waals surface area contributed by atoms with Crippen molar-refractivity contribution in [1.82, 2.24) is 10.2 Å². The zero-order chi connectivity index (χ0) is 28.7. The molecule has 39 heavy (non-hydrogen) atoms. The van der Waals surface area contributed by atoms with Crippen LogP contribution in [-0.4, -0.2) is 98.1 Å². The van der Waals surface area contributed by atoms with Crippen LogP contribution in [0.5, 0.6) is 5.75 Å². The number of carbonyl (C=O) groups is 5. The second-order valence-electron chi connectivity index (χ2n) is 9.32. The molecule has 2 aliphatic heterocycles. The van der Waals surface area contributed by atoms with Crippen molar-refractivity contribution >= 4 is 35.4 Å². The third-order valence-corrected chi connectivity index (χ3v) is 6.25. The molecule has 3 rings (SSSR count). The lowest BCUT2D eigenvalue weighted by Crippen LogP contribution is -2.67. The molecule has 0 spiro atoms. The lowest BCUT2D eigenvalue weighted by Gasteiger charge is -2.44. The summed E-state index contributed by atoms with van der Waals surface area (Å²) in [5.41, 5.74) is 0.939. The van der Waals surface area contributed by atoms with Crippen LogP contribution in [0.3, 0.4) is 0 Å². The van der Waals surface area contributed by atoms with Gasteiger partial charge in [-0.1, -0.05) is 0 Å². The van der Waals surface area contributed by atoms with Gasteiger partial charge in [0.25, 0.3) is 0 Å². The van der Waals surface area contributed by atoms with Crippen LogP contribution in [0.2, 0.25) is 0 Å². The molecule has 2 heterocycles. The van der Waals surface area contributed by atoms with Gasteiger partial charge in [0, 0.05) is 66.5 Å². The van der Waals surface area contributed by atoms with Gasteiger partial charge in [0.1, 0.15) is 24.5 Å². The highest BCUT2D eigenvalue weighted by Gasteiger charge is 2.52. The molecule has 214 valence electrons. The summed E-state index contributed by atoms with van der Waals surface area (Å²) in [7, 11) is 0. The molecule has 2 saturated heterocycles. The zero-order valence-corrected chi connectivity index (χ0v) is 22.7. The standard InChI is InChI=1S/C26H35N3O10/c1-15(30)27-23-25(37-19(5)34)24(36-18(4)33)22(14-35-17(3)32)39-26(23)38-21-8-6-20(7-9-21)29-12-10-28(11-13-29)16(2)31/h6-9,22-26H,10-14H2,1-5H3,(H,27,30). The molecule has 0 bridgehead atoms. The van der Waals surface area contributed by atoms with Gasteiger partial charge >= 0.3 is 17.9 Å². The van der Waals surface area contributed by atoms with Crippen LogP contribution >= 0.6 is 0 Å². The Hall–Kier alpha value is -3.87. The van der Waals surface area contributed by atoms with Crippen LogP contribution in [0.25, 0.3) is 0 Å². The summed E-state index contributed by atoms with van der Waals surface area (Å²) in [5.74, 6) is -1.99. The van der Waals surface area contributed by atoms with Gasteiger partial charge in [-0.3, -0.25) is 24.0 Å². The number of ether oxygens (including phenoxy) is 5. The highest BCUT2D eigenvalue weighted by molar-refractivity contribution is 5.74. The molecule has 0 aliphatic carbocycles. The minimum absolute atomic E-state index is 0.0506. The van der Waals surface area contributed by atoms with E-state index in [2.05, 4.69) is 10.2 Å². The summed E-state index contributed by atoms with van der Waals surface area (Å²) < 4.78 is 28.1. The van der Waals surface area contributed by atoms with E-state index in [9.17, 15) is 24.0 Å². The monoisotopic (exact) mass is 549 g/mol. The molecular weight excluding hydrogens is 514 g/mol. The highest BCUT2D eigenvalue weighted by atomic mass is 16.7. The van der Waals surface area contributed by atoms with E-state index in [0.717, 1.165) is 5.69 Å². The molecule has 1 N–H and O–H groups in total. The molecule has 1 aromatic carbocycles. The number of nitrogens with zero attached hydrogens (tertiary/aromatic N) is 2. The van der Waals surface area contributed by atoms with Crippen LogP contribution in [0, 0.1) is 0 Å². The number of nitrogens with one attached hydrogen (secondary N) is 1. The summed E-state index contributed by atoms with van der Waals surface area (Å²) in [6, 6.07) is 6.10. The Bertz CT molecular complexity index is 1050. The van der Waals surface area contributed by atoms with Crippen LogP contribution in [-0.2, 0) is 42.9 Å². The van der Waals surface area contributed by atoms with Crippen LogP contribution in [0.15, 0.2) is 24.3 Å². The summed E-state index contributed by atoms with van der Waals surface area (Å²) in [5, 5.41) is 2.67. The quantitative estimate of drug-likeness (QED) is 0.354. The number of hydrogen-bond donors (Lipinski definition) is 1. The predicted octanol–water partition coefficient (Wildman–Crippen LogP) is 0.390. The fourth-order valence-electron chi connectivity index (χ4n) is 4.54. The lowest BCUT2D eigenvalue weighted by atomic mass is 9.96. The minimum Gasteiger partial charge on any atom is -0.463 e. The number of anilines is 1. The van der Waals surface area contributed by atoms with Gasteiger partial charge in [-0.05, 0) is 24.3 Å². The van der Waals surface area contributed by atoms with Gasteiger partial charge in [-0.15, -0.1) is 0 Å². The zero-order valence-electron chi connectivity index (χ0n) is 22.7. The number of amides is 2. The molecule has 13 heteroatoms. The Morgan fingerprint density at radius 3 is 1.95 bits per heavy atom. The molecular formula is C26H35N3O10. The summed E-state index contributed by atoms with van der Waals surface area (Å²) in [6.07, 6.45) is -4.66. The number of benzene rings is 1. The Morgan fingerprint density at radius 2 is 1.44 bits per heavy atom. The number of rotatable bonds is 8. The van der Waals surface area contributed by atoms with Gasteiger partial charge < -0.3 is 38.8 Å². The van der Waals surface area contributed by atoms with E-state index in [4.69, 9.17) is 23.7 Å². The number of carbonyl (C=O) groups excluding carboxylic acids is 5. The maximum atomic E-state index is 12.1. The second-order valence-corrected chi connectivity index (χ2v) is 9.32. The van der Waals surface area contributed by atoms with E-state index < -0.39 is 54.5 Å². The van der Waals surface area contributed by atoms with Crippen molar-refractivity contribution in [1.29, 1.82) is 0 Å². The molecule has 5 atom stereocenters. The third-order valence-electron chi connectivity index (χ3n) is 6.25. The fraction of sp³-hybridized carbons (Fsp3) is 0.577. The molecule has 2 aliphatic rings. The first kappa shape index (κ1) is 29.7. The first-order valence-electron chi connectivity index (χ1n) is 12.6. The Kier molecular flexibility index (Phi) is 10.1. The molecule has 0 radical (unpaired) electrons. The average Bonchev–Trinajstić information content (AvgIpc) is 2.86. The van der Waals surface area contributed by atoms with Crippen molar-refractivity contribution in [3.05, 3.63) is 24.3 Å². The minimum atomic E-state index is -1.20. The van der Waals surface area contributed by atoms with Crippen molar-refractivity contribution < 1.29 is 47.7 Å². The van der Waals surface area contributed by atoms with Crippen molar-refractivity contribution in [2.24, 2.45) is 0 Å². The number of esters is 3. The maximum Gasteiger partial charge on any atom is 0.303 e. The second kappa shape index (κ2) is 13.3. The fourth-order valence-corrected chi connectivity index (χ4v) is 4.54. The summed E-state index contributed by atoms with van der Waals surface area (Å²) in [6.45, 7) is 8.72. The van der Waals surface area contributed by atoms with Crippen LogP contribution < -0.4 is 15.0 Å². The molecule has 0 saturated carbocycles. The van der Waals surface area contributed by atoms with Gasteiger partial charge in [-0.2, -0.15) is 0 Å². The van der Waals surface area contributed by atoms with E-state index >= 15 is 0 Å². The maximum absolute atomic E-state index is 12.1. The van der Waals surface area contributed by atoms with Crippen LogP contribution in [0.4, 0.5) is 5.69 Å². The number of hydrogen-bond acceptors (Lipinski definition) is 11. The molecule has 5 unspecified atom stereocenters. The highest BCUT2D eigenvalue weighted by Crippen LogP contribution is 2.30. The molecule has 2 fully saturated rings. The lowest BCUT2D eigenvalue weighted by molar-refractivity contribution is -0.257. The Balaban J connectivity index is 1.84. The van der Waals surface area contributed by atoms with Crippen molar-refractivity contribution in [3.8, 4) is 5.75 Å². The van der Waals surface area contributed by atoms with Crippen molar-refractivity contribution in [2.45, 2.75) is 65.3 Å². The predicted molar refractivity (Wildman–Crippen MR) is 136 cm³/mol. The van der Waals surface area contributed by atoms with Gasteiger partial charge in [0.2, 0.25) is 18.1 Å². The molecule has 0 aromatic heterocycles. The topological polar surface area (TPSA) is 150 Å².